The van der Waals surface area contributed by atoms with Crippen LogP contribution in [-0.4, -0.2) is 38.8 Å². The predicted octanol–water partition coefficient (Wildman–Crippen LogP) is 2.08. The minimum atomic E-state index is -0.0241. The Hall–Kier alpha value is -2.07. The lowest BCUT2D eigenvalue weighted by Gasteiger charge is -2.28. The van der Waals surface area contributed by atoms with Crippen LogP contribution in [0.4, 0.5) is 0 Å². The Labute approximate surface area is 143 Å². The van der Waals surface area contributed by atoms with Crippen molar-refractivity contribution in [2.75, 3.05) is 32.8 Å². The first-order valence-corrected chi connectivity index (χ1v) is 8.88. The summed E-state index contributed by atoms with van der Waals surface area (Å²) in [5.74, 6) is 0.994. The zero-order valence-electron chi connectivity index (χ0n) is 14.3. The van der Waals surface area contributed by atoms with Crippen molar-refractivity contribution >= 4 is 16.7 Å². The molecule has 1 fully saturated rings. The molecular weight excluding hydrogens is 302 g/mol. The Balaban J connectivity index is 1.43. The molecule has 1 saturated heterocycles. The van der Waals surface area contributed by atoms with Crippen LogP contribution in [0.5, 0.6) is 5.75 Å². The highest BCUT2D eigenvalue weighted by molar-refractivity contribution is 5.83. The Morgan fingerprint density at radius 1 is 1.12 bits per heavy atom. The van der Waals surface area contributed by atoms with E-state index in [2.05, 4.69) is 24.3 Å². The summed E-state index contributed by atoms with van der Waals surface area (Å²) in [6.07, 6.45) is 1.84. The maximum absolute atomic E-state index is 11.8. The Kier molecular flexibility index (Phi) is 5.70. The highest BCUT2D eigenvalue weighted by atomic mass is 16.5. The smallest absolute Gasteiger partial charge is 0.309 e. The van der Waals surface area contributed by atoms with Gasteiger partial charge in [-0.1, -0.05) is 30.3 Å². The molecule has 0 atom stereocenters. The number of ether oxygens (including phenoxy) is 2. The molecule has 0 aromatic heterocycles. The van der Waals surface area contributed by atoms with Gasteiger partial charge in [0.05, 0.1) is 25.6 Å². The molecule has 0 saturated carbocycles. The van der Waals surface area contributed by atoms with E-state index < -0.39 is 0 Å². The summed E-state index contributed by atoms with van der Waals surface area (Å²) in [7, 11) is 0. The molecule has 1 N–H and O–H groups in total. The van der Waals surface area contributed by atoms with Gasteiger partial charge in [-0.25, -0.2) is 0 Å². The number of nitrogens with one attached hydrogen (secondary N) is 1. The van der Waals surface area contributed by atoms with E-state index >= 15 is 0 Å². The van der Waals surface area contributed by atoms with Gasteiger partial charge < -0.3 is 14.4 Å². The van der Waals surface area contributed by atoms with Gasteiger partial charge in [-0.15, -0.1) is 0 Å². The molecule has 0 amide bonds. The number of carbonyl (C=O) groups is 1. The van der Waals surface area contributed by atoms with Crippen LogP contribution < -0.4 is 9.64 Å². The second-order valence-corrected chi connectivity index (χ2v) is 6.38. The molecule has 1 aliphatic heterocycles. The van der Waals surface area contributed by atoms with Crippen molar-refractivity contribution in [1.82, 2.24) is 0 Å². The van der Waals surface area contributed by atoms with E-state index in [0.29, 0.717) is 13.2 Å². The summed E-state index contributed by atoms with van der Waals surface area (Å²) in [6.45, 7) is 6.06. The van der Waals surface area contributed by atoms with E-state index in [9.17, 15) is 4.79 Å². The van der Waals surface area contributed by atoms with E-state index in [1.165, 1.54) is 15.7 Å². The molecule has 24 heavy (non-hydrogen) atoms. The second kappa shape index (κ2) is 8.15. The fraction of sp³-hybridized carbons (Fsp3) is 0.450. The van der Waals surface area contributed by atoms with Gasteiger partial charge >= 0.3 is 5.97 Å². The Morgan fingerprint density at radius 3 is 2.62 bits per heavy atom. The second-order valence-electron chi connectivity index (χ2n) is 6.38. The summed E-state index contributed by atoms with van der Waals surface area (Å²) in [5, 5.41) is 2.44. The fourth-order valence-corrected chi connectivity index (χ4v) is 3.34. The van der Waals surface area contributed by atoms with Crippen molar-refractivity contribution in [3.8, 4) is 5.75 Å². The molecule has 128 valence electrons. The molecule has 0 radical (unpaired) electrons. The number of carbonyl (C=O) groups excluding carboxylic acids is 1. The molecular formula is C20H26NO3+. The average molecular weight is 328 g/mol. The third kappa shape index (κ3) is 4.26. The highest BCUT2D eigenvalue weighted by Crippen LogP contribution is 2.20. The van der Waals surface area contributed by atoms with Gasteiger partial charge in [0, 0.05) is 12.8 Å². The van der Waals surface area contributed by atoms with Crippen LogP contribution >= 0.6 is 0 Å². The zero-order chi connectivity index (χ0) is 16.8. The van der Waals surface area contributed by atoms with Gasteiger partial charge in [-0.05, 0) is 29.8 Å². The normalized spacial score (nSPS) is 20.7. The minimum Gasteiger partial charge on any atom is -0.488 e. The van der Waals surface area contributed by atoms with E-state index in [4.69, 9.17) is 9.47 Å². The first kappa shape index (κ1) is 16.8. The minimum absolute atomic E-state index is 0.0241. The molecule has 4 heteroatoms. The third-order valence-corrected chi connectivity index (χ3v) is 4.76. The van der Waals surface area contributed by atoms with E-state index in [-0.39, 0.29) is 11.9 Å². The first-order chi connectivity index (χ1) is 11.8. The molecule has 0 spiro atoms. The van der Waals surface area contributed by atoms with Gasteiger partial charge in [0.2, 0.25) is 0 Å². The van der Waals surface area contributed by atoms with E-state index in [0.717, 1.165) is 38.2 Å². The number of esters is 1. The third-order valence-electron chi connectivity index (χ3n) is 4.76. The van der Waals surface area contributed by atoms with Crippen LogP contribution in [0.15, 0.2) is 42.5 Å². The van der Waals surface area contributed by atoms with Crippen LogP contribution in [0.3, 0.4) is 0 Å². The Bertz CT molecular complexity index is 677. The van der Waals surface area contributed by atoms with Crippen LogP contribution in [0.25, 0.3) is 10.8 Å². The van der Waals surface area contributed by atoms with Gasteiger partial charge in [0.15, 0.2) is 0 Å². The molecule has 2 aromatic carbocycles. The van der Waals surface area contributed by atoms with Crippen LogP contribution in [-0.2, 0) is 9.53 Å². The zero-order valence-corrected chi connectivity index (χ0v) is 14.3. The first-order valence-electron chi connectivity index (χ1n) is 8.88. The summed E-state index contributed by atoms with van der Waals surface area (Å²) in [6, 6.07) is 14.5. The van der Waals surface area contributed by atoms with Gasteiger partial charge in [-0.3, -0.25) is 4.79 Å². The van der Waals surface area contributed by atoms with Crippen LogP contribution in [0, 0.1) is 5.92 Å². The number of benzene rings is 2. The molecule has 1 heterocycles. The fourth-order valence-electron chi connectivity index (χ4n) is 3.34. The monoisotopic (exact) mass is 328 g/mol. The van der Waals surface area contributed by atoms with E-state index in [1.54, 1.807) is 0 Å². The summed E-state index contributed by atoms with van der Waals surface area (Å²) in [5.41, 5.74) is 0. The maximum Gasteiger partial charge on any atom is 0.309 e. The number of quaternary nitrogens is 1. The standard InChI is InChI=1S/C20H25NO3/c1-2-23-20(22)17-9-11-21(12-10-17)13-14-24-19-8-7-16-5-3-4-6-18(16)15-19/h3-8,15,17H,2,9-14H2,1H3/p+1. The van der Waals surface area contributed by atoms with Crippen molar-refractivity contribution in [3.05, 3.63) is 42.5 Å². The highest BCUT2D eigenvalue weighted by Gasteiger charge is 2.28. The predicted molar refractivity (Wildman–Crippen MR) is 94.4 cm³/mol. The lowest BCUT2D eigenvalue weighted by atomic mass is 9.97. The van der Waals surface area contributed by atoms with Gasteiger partial charge in [-0.2, -0.15) is 0 Å². The summed E-state index contributed by atoms with van der Waals surface area (Å²) >= 11 is 0. The molecule has 3 rings (SSSR count). The molecule has 1 aliphatic rings. The molecule has 4 nitrogen and oxygen atoms in total. The quantitative estimate of drug-likeness (QED) is 0.826. The van der Waals surface area contributed by atoms with Crippen LogP contribution in [0.2, 0.25) is 0 Å². The van der Waals surface area contributed by atoms with Crippen molar-refractivity contribution in [2.24, 2.45) is 5.92 Å². The molecule has 2 aromatic rings. The van der Waals surface area contributed by atoms with Crippen molar-refractivity contribution in [1.29, 1.82) is 0 Å². The molecule has 0 unspecified atom stereocenters. The lowest BCUT2D eigenvalue weighted by molar-refractivity contribution is -0.905. The number of piperidine rings is 1. The van der Waals surface area contributed by atoms with Crippen molar-refractivity contribution in [3.63, 3.8) is 0 Å². The number of likely N-dealkylation sites (tertiary alicyclic amines) is 1. The summed E-state index contributed by atoms with van der Waals surface area (Å²) < 4.78 is 11.0. The number of rotatable bonds is 6. The number of hydrogen-bond donors (Lipinski definition) is 1. The number of hydrogen-bond acceptors (Lipinski definition) is 3. The largest absolute Gasteiger partial charge is 0.488 e. The SMILES string of the molecule is CCOC(=O)C1CC[NH+](CCOc2ccc3ccccc3c2)CC1. The molecule has 0 aliphatic carbocycles. The molecule has 0 bridgehead atoms. The van der Waals surface area contributed by atoms with Gasteiger partial charge in [0.1, 0.15) is 18.9 Å². The van der Waals surface area contributed by atoms with Crippen molar-refractivity contribution in [2.45, 2.75) is 19.8 Å². The van der Waals surface area contributed by atoms with Crippen LogP contribution in [0.1, 0.15) is 19.8 Å². The van der Waals surface area contributed by atoms with Gasteiger partial charge in [0.25, 0.3) is 0 Å². The topological polar surface area (TPSA) is 40.0 Å². The lowest BCUT2D eigenvalue weighted by Crippen LogP contribution is -3.13. The van der Waals surface area contributed by atoms with E-state index in [1.807, 2.05) is 25.1 Å². The Morgan fingerprint density at radius 2 is 1.88 bits per heavy atom. The van der Waals surface area contributed by atoms with Crippen molar-refractivity contribution < 1.29 is 19.2 Å². The maximum atomic E-state index is 11.8. The summed E-state index contributed by atoms with van der Waals surface area (Å²) in [4.78, 5) is 13.3. The average Bonchev–Trinajstić information content (AvgIpc) is 2.62. The number of fused-ring (bicyclic) bond motifs is 1.